The van der Waals surface area contributed by atoms with Gasteiger partial charge in [-0.1, -0.05) is 24.3 Å². The van der Waals surface area contributed by atoms with Crippen LogP contribution >= 0.6 is 11.3 Å². The van der Waals surface area contributed by atoms with Gasteiger partial charge in [0.2, 0.25) is 5.82 Å². The average molecular weight is 420 g/mol. The minimum Gasteiger partial charge on any atom is -0.267 e. The van der Waals surface area contributed by atoms with Crippen LogP contribution in [0.2, 0.25) is 0 Å². The van der Waals surface area contributed by atoms with E-state index in [1.54, 1.807) is 12.1 Å². The SMILES string of the molecule is Cn1c(=O)nc2n(Cc3ccc(F)cc3)nc(-c3nc4ccccc4s3)nc-2c1=O. The van der Waals surface area contributed by atoms with Gasteiger partial charge < -0.3 is 0 Å². The van der Waals surface area contributed by atoms with E-state index in [1.165, 1.54) is 35.2 Å². The summed E-state index contributed by atoms with van der Waals surface area (Å²) < 4.78 is 16.6. The molecule has 2 aromatic carbocycles. The third kappa shape index (κ3) is 3.07. The van der Waals surface area contributed by atoms with Crippen molar-refractivity contribution in [2.24, 2.45) is 7.05 Å². The molecule has 1 aromatic heterocycles. The molecule has 0 N–H and O–H groups in total. The summed E-state index contributed by atoms with van der Waals surface area (Å²) in [6, 6.07) is 13.5. The standard InChI is InChI=1S/C20H13FN6O2S/c1-26-19(28)15-17(24-20(26)29)27(10-11-6-8-12(21)9-7-11)25-16(23-15)18-22-13-4-2-3-5-14(13)30-18/h2-9H,10H2,1H3. The lowest BCUT2D eigenvalue weighted by Crippen LogP contribution is -2.37. The predicted molar refractivity (Wildman–Crippen MR) is 110 cm³/mol. The lowest BCUT2D eigenvalue weighted by Gasteiger charge is -2.14. The fraction of sp³-hybridized carbons (Fsp3) is 0.100. The molecule has 5 rings (SSSR count). The highest BCUT2D eigenvalue weighted by molar-refractivity contribution is 7.21. The largest absolute Gasteiger partial charge is 0.352 e. The molecule has 3 aromatic rings. The summed E-state index contributed by atoms with van der Waals surface area (Å²) in [5.74, 6) is -0.0408. The fourth-order valence-corrected chi connectivity index (χ4v) is 3.95. The van der Waals surface area contributed by atoms with Crippen LogP contribution in [0.15, 0.2) is 58.1 Å². The molecule has 0 saturated carbocycles. The molecule has 0 fully saturated rings. The number of nitrogens with zero attached hydrogens (tertiary/aromatic N) is 6. The first kappa shape index (κ1) is 18.3. The second-order valence-electron chi connectivity index (χ2n) is 6.64. The van der Waals surface area contributed by atoms with Crippen LogP contribution in [0.5, 0.6) is 0 Å². The highest BCUT2D eigenvalue weighted by atomic mass is 32.1. The van der Waals surface area contributed by atoms with Crippen molar-refractivity contribution >= 4 is 21.6 Å². The summed E-state index contributed by atoms with van der Waals surface area (Å²) in [6.45, 7) is 0.177. The molecule has 0 unspecified atom stereocenters. The van der Waals surface area contributed by atoms with E-state index in [0.29, 0.717) is 5.01 Å². The van der Waals surface area contributed by atoms with Crippen molar-refractivity contribution in [1.82, 2.24) is 29.3 Å². The van der Waals surface area contributed by atoms with Crippen LogP contribution in [0.25, 0.3) is 32.6 Å². The number of hydrogen-bond donors (Lipinski definition) is 0. The highest BCUT2D eigenvalue weighted by Crippen LogP contribution is 2.28. The molecule has 148 valence electrons. The Morgan fingerprint density at radius 3 is 2.53 bits per heavy atom. The number of hydrogen-bond acceptors (Lipinski definition) is 7. The molecule has 0 radical (unpaired) electrons. The van der Waals surface area contributed by atoms with Crippen molar-refractivity contribution < 1.29 is 4.39 Å². The van der Waals surface area contributed by atoms with E-state index in [0.717, 1.165) is 20.3 Å². The van der Waals surface area contributed by atoms with E-state index in [4.69, 9.17) is 0 Å². The highest BCUT2D eigenvalue weighted by Gasteiger charge is 2.22. The number of benzene rings is 2. The van der Waals surface area contributed by atoms with Gasteiger partial charge in [-0.15, -0.1) is 16.4 Å². The predicted octanol–water partition coefficient (Wildman–Crippen LogP) is 2.30. The second-order valence-corrected chi connectivity index (χ2v) is 7.67. The molecule has 2 aliphatic heterocycles. The lowest BCUT2D eigenvalue weighted by molar-refractivity contribution is 0.617. The average Bonchev–Trinajstić information content (AvgIpc) is 3.18. The van der Waals surface area contributed by atoms with Crippen molar-refractivity contribution in [2.45, 2.75) is 6.54 Å². The van der Waals surface area contributed by atoms with E-state index in [9.17, 15) is 14.0 Å². The maximum Gasteiger partial charge on any atom is 0.352 e. The minimum atomic E-state index is -0.698. The Kier molecular flexibility index (Phi) is 4.21. The van der Waals surface area contributed by atoms with Gasteiger partial charge in [0.1, 0.15) is 5.82 Å². The second kappa shape index (κ2) is 6.92. The minimum absolute atomic E-state index is 0.0171. The molecule has 8 nitrogen and oxygen atoms in total. The van der Waals surface area contributed by atoms with Crippen LogP contribution < -0.4 is 11.2 Å². The first-order valence-corrected chi connectivity index (χ1v) is 9.77. The lowest BCUT2D eigenvalue weighted by atomic mass is 10.2. The number of rotatable bonds is 3. The van der Waals surface area contributed by atoms with Gasteiger partial charge in [-0.25, -0.2) is 23.8 Å². The smallest absolute Gasteiger partial charge is 0.267 e. The summed E-state index contributed by atoms with van der Waals surface area (Å²) in [5.41, 5.74) is 0.279. The van der Waals surface area contributed by atoms with Gasteiger partial charge in [0, 0.05) is 7.05 Å². The molecule has 0 aliphatic carbocycles. The van der Waals surface area contributed by atoms with Crippen molar-refractivity contribution in [3.05, 3.63) is 80.7 Å². The molecule has 2 aliphatic rings. The van der Waals surface area contributed by atoms with Crippen molar-refractivity contribution in [2.75, 3.05) is 0 Å². The summed E-state index contributed by atoms with van der Waals surface area (Å²) in [4.78, 5) is 37.7. The molecule has 30 heavy (non-hydrogen) atoms. The monoisotopic (exact) mass is 420 g/mol. The maximum absolute atomic E-state index is 13.3. The Morgan fingerprint density at radius 1 is 1.00 bits per heavy atom. The first-order valence-electron chi connectivity index (χ1n) is 8.96. The molecule has 0 bridgehead atoms. The van der Waals surface area contributed by atoms with Gasteiger partial charge >= 0.3 is 5.69 Å². The molecular formula is C20H13FN6O2S. The van der Waals surface area contributed by atoms with Crippen LogP contribution in [0, 0.1) is 5.82 Å². The number of aromatic nitrogens is 6. The normalized spacial score (nSPS) is 11.4. The Labute approximate surface area is 172 Å². The van der Waals surface area contributed by atoms with E-state index in [2.05, 4.69) is 20.1 Å². The number of thiazole rings is 1. The number of fused-ring (bicyclic) bond motifs is 2. The van der Waals surface area contributed by atoms with Crippen LogP contribution in [-0.2, 0) is 13.6 Å². The maximum atomic E-state index is 13.3. The molecular weight excluding hydrogens is 407 g/mol. The van der Waals surface area contributed by atoms with Crippen LogP contribution in [0.3, 0.4) is 0 Å². The molecule has 0 saturated heterocycles. The molecule has 0 spiro atoms. The number of para-hydroxylation sites is 1. The zero-order chi connectivity index (χ0) is 20.8. The van der Waals surface area contributed by atoms with Crippen molar-refractivity contribution in [1.29, 1.82) is 0 Å². The summed E-state index contributed by atoms with van der Waals surface area (Å²) in [6.07, 6.45) is 0. The Hall–Kier alpha value is -3.79. The van der Waals surface area contributed by atoms with Gasteiger partial charge in [0.25, 0.3) is 5.56 Å². The fourth-order valence-electron chi connectivity index (χ4n) is 3.06. The zero-order valence-corrected chi connectivity index (χ0v) is 16.4. The van der Waals surface area contributed by atoms with Gasteiger partial charge in [-0.05, 0) is 29.8 Å². The van der Waals surface area contributed by atoms with Crippen molar-refractivity contribution in [3.63, 3.8) is 0 Å². The Bertz CT molecular complexity index is 1460. The molecule has 0 amide bonds. The van der Waals surface area contributed by atoms with Gasteiger partial charge in [0.15, 0.2) is 16.5 Å². The molecule has 10 heteroatoms. The van der Waals surface area contributed by atoms with E-state index < -0.39 is 11.2 Å². The zero-order valence-electron chi connectivity index (χ0n) is 15.6. The van der Waals surface area contributed by atoms with Crippen molar-refractivity contribution in [3.8, 4) is 22.4 Å². The Balaban J connectivity index is 1.75. The molecule has 3 heterocycles. The molecule has 0 atom stereocenters. The van der Waals surface area contributed by atoms with Crippen LogP contribution in [0.4, 0.5) is 4.39 Å². The third-order valence-electron chi connectivity index (χ3n) is 4.62. The van der Waals surface area contributed by atoms with Gasteiger partial charge in [0.05, 0.1) is 16.8 Å². The first-order chi connectivity index (χ1) is 14.5. The van der Waals surface area contributed by atoms with E-state index in [1.807, 2.05) is 24.3 Å². The summed E-state index contributed by atoms with van der Waals surface area (Å²) >= 11 is 1.40. The summed E-state index contributed by atoms with van der Waals surface area (Å²) in [5, 5.41) is 5.05. The van der Waals surface area contributed by atoms with E-state index in [-0.39, 0.29) is 29.7 Å². The summed E-state index contributed by atoms with van der Waals surface area (Å²) in [7, 11) is 1.35. The van der Waals surface area contributed by atoms with Gasteiger partial charge in [-0.3, -0.25) is 9.36 Å². The van der Waals surface area contributed by atoms with Crippen LogP contribution in [-0.4, -0.2) is 29.3 Å². The third-order valence-corrected chi connectivity index (χ3v) is 5.65. The van der Waals surface area contributed by atoms with Crippen LogP contribution in [0.1, 0.15) is 5.56 Å². The topological polar surface area (TPSA) is 95.6 Å². The quantitative estimate of drug-likeness (QED) is 0.444. The number of halogens is 1. The van der Waals surface area contributed by atoms with Gasteiger partial charge in [-0.2, -0.15) is 4.98 Å². The Morgan fingerprint density at radius 2 is 1.77 bits per heavy atom. The van der Waals surface area contributed by atoms with E-state index >= 15 is 0 Å².